The number of hydrogen-bond donors (Lipinski definition) is 1. The molecule has 0 spiro atoms. The van der Waals surface area contributed by atoms with Crippen molar-refractivity contribution in [3.63, 3.8) is 0 Å². The molecule has 0 aromatic heterocycles. The first kappa shape index (κ1) is 9.07. The molecule has 0 amide bonds. The zero-order chi connectivity index (χ0) is 9.14. The van der Waals surface area contributed by atoms with Crippen LogP contribution in [0.15, 0.2) is 18.2 Å². The van der Waals surface area contributed by atoms with Gasteiger partial charge in [0.05, 0.1) is 0 Å². The standard InChI is InChI=1S/C9H10ClNO/c1-6(12)8-4-3-7(10)5-9(8)11-2/h3-5,11H,1-2H3. The van der Waals surface area contributed by atoms with E-state index in [-0.39, 0.29) is 5.78 Å². The van der Waals surface area contributed by atoms with Gasteiger partial charge in [-0.05, 0) is 25.1 Å². The molecule has 1 aromatic rings. The number of carbonyl (C=O) groups excluding carboxylic acids is 1. The van der Waals surface area contributed by atoms with Crippen molar-refractivity contribution in [1.82, 2.24) is 0 Å². The van der Waals surface area contributed by atoms with Gasteiger partial charge in [0.15, 0.2) is 5.78 Å². The first-order valence-corrected chi connectivity index (χ1v) is 4.01. The minimum Gasteiger partial charge on any atom is -0.387 e. The zero-order valence-corrected chi connectivity index (χ0v) is 7.77. The predicted molar refractivity (Wildman–Crippen MR) is 51.0 cm³/mol. The number of hydrogen-bond acceptors (Lipinski definition) is 2. The van der Waals surface area contributed by atoms with Crippen molar-refractivity contribution in [2.75, 3.05) is 12.4 Å². The molecule has 64 valence electrons. The van der Waals surface area contributed by atoms with Gasteiger partial charge in [-0.3, -0.25) is 4.79 Å². The number of rotatable bonds is 2. The SMILES string of the molecule is CNc1cc(Cl)ccc1C(C)=O. The molecular weight excluding hydrogens is 174 g/mol. The minimum atomic E-state index is 0.0380. The highest BCUT2D eigenvalue weighted by Gasteiger charge is 2.05. The van der Waals surface area contributed by atoms with Gasteiger partial charge < -0.3 is 5.32 Å². The van der Waals surface area contributed by atoms with Gasteiger partial charge in [-0.15, -0.1) is 0 Å². The van der Waals surface area contributed by atoms with Crippen molar-refractivity contribution in [2.24, 2.45) is 0 Å². The lowest BCUT2D eigenvalue weighted by atomic mass is 10.1. The highest BCUT2D eigenvalue weighted by molar-refractivity contribution is 6.31. The largest absolute Gasteiger partial charge is 0.387 e. The molecule has 0 aliphatic carbocycles. The van der Waals surface area contributed by atoms with Gasteiger partial charge in [-0.1, -0.05) is 11.6 Å². The van der Waals surface area contributed by atoms with Crippen LogP contribution in [0.4, 0.5) is 5.69 Å². The van der Waals surface area contributed by atoms with E-state index < -0.39 is 0 Å². The molecule has 0 atom stereocenters. The number of anilines is 1. The zero-order valence-electron chi connectivity index (χ0n) is 7.02. The van der Waals surface area contributed by atoms with E-state index in [4.69, 9.17) is 11.6 Å². The van der Waals surface area contributed by atoms with Gasteiger partial charge in [0.1, 0.15) is 0 Å². The maximum Gasteiger partial charge on any atom is 0.161 e. The molecule has 2 nitrogen and oxygen atoms in total. The molecular formula is C9H10ClNO. The average Bonchev–Trinajstić information content (AvgIpc) is 2.03. The van der Waals surface area contributed by atoms with Crippen LogP contribution in [0.3, 0.4) is 0 Å². The van der Waals surface area contributed by atoms with Crippen LogP contribution in [-0.4, -0.2) is 12.8 Å². The van der Waals surface area contributed by atoms with Crippen LogP contribution < -0.4 is 5.32 Å². The molecule has 0 aliphatic heterocycles. The van der Waals surface area contributed by atoms with Crippen molar-refractivity contribution < 1.29 is 4.79 Å². The highest BCUT2D eigenvalue weighted by Crippen LogP contribution is 2.20. The quantitative estimate of drug-likeness (QED) is 0.715. The summed E-state index contributed by atoms with van der Waals surface area (Å²) < 4.78 is 0. The monoisotopic (exact) mass is 183 g/mol. The van der Waals surface area contributed by atoms with Gasteiger partial charge in [0.25, 0.3) is 0 Å². The fourth-order valence-electron chi connectivity index (χ4n) is 1.03. The summed E-state index contributed by atoms with van der Waals surface area (Å²) >= 11 is 5.75. The third-order valence-electron chi connectivity index (χ3n) is 1.63. The second-order valence-electron chi connectivity index (χ2n) is 2.50. The summed E-state index contributed by atoms with van der Waals surface area (Å²) in [6.45, 7) is 1.53. The van der Waals surface area contributed by atoms with E-state index in [0.717, 1.165) is 5.69 Å². The lowest BCUT2D eigenvalue weighted by Gasteiger charge is -2.05. The Hall–Kier alpha value is -1.02. The smallest absolute Gasteiger partial charge is 0.161 e. The molecule has 0 aliphatic rings. The van der Waals surface area contributed by atoms with Crippen LogP contribution in [0.2, 0.25) is 5.02 Å². The molecule has 0 saturated carbocycles. The Morgan fingerprint density at radius 2 is 2.17 bits per heavy atom. The Kier molecular flexibility index (Phi) is 2.71. The fourth-order valence-corrected chi connectivity index (χ4v) is 1.20. The van der Waals surface area contributed by atoms with Crippen molar-refractivity contribution >= 4 is 23.1 Å². The molecule has 0 saturated heterocycles. The Morgan fingerprint density at radius 3 is 2.67 bits per heavy atom. The van der Waals surface area contributed by atoms with Crippen molar-refractivity contribution in [2.45, 2.75) is 6.92 Å². The number of carbonyl (C=O) groups is 1. The van der Waals surface area contributed by atoms with Gasteiger partial charge in [-0.2, -0.15) is 0 Å². The molecule has 1 N–H and O–H groups in total. The summed E-state index contributed by atoms with van der Waals surface area (Å²) in [5.74, 6) is 0.0380. The number of benzene rings is 1. The van der Waals surface area contributed by atoms with E-state index in [1.54, 1.807) is 25.2 Å². The molecule has 0 bridgehead atoms. The number of ketones is 1. The Morgan fingerprint density at radius 1 is 1.50 bits per heavy atom. The van der Waals surface area contributed by atoms with Gasteiger partial charge in [-0.25, -0.2) is 0 Å². The van der Waals surface area contributed by atoms with Crippen molar-refractivity contribution in [1.29, 1.82) is 0 Å². The summed E-state index contributed by atoms with van der Waals surface area (Å²) in [6, 6.07) is 5.16. The maximum absolute atomic E-state index is 11.1. The molecule has 3 heteroatoms. The van der Waals surface area contributed by atoms with Crippen molar-refractivity contribution in [3.8, 4) is 0 Å². The highest BCUT2D eigenvalue weighted by atomic mass is 35.5. The molecule has 0 radical (unpaired) electrons. The Balaban J connectivity index is 3.20. The van der Waals surface area contributed by atoms with Crippen LogP contribution in [0.25, 0.3) is 0 Å². The lowest BCUT2D eigenvalue weighted by Crippen LogP contribution is -1.99. The van der Waals surface area contributed by atoms with Gasteiger partial charge >= 0.3 is 0 Å². The first-order valence-electron chi connectivity index (χ1n) is 3.63. The van der Waals surface area contributed by atoms with Crippen LogP contribution >= 0.6 is 11.6 Å². The summed E-state index contributed by atoms with van der Waals surface area (Å²) in [7, 11) is 1.76. The summed E-state index contributed by atoms with van der Waals surface area (Å²) in [6.07, 6.45) is 0. The van der Waals surface area contributed by atoms with Crippen LogP contribution in [0.1, 0.15) is 17.3 Å². The molecule has 0 fully saturated rings. The summed E-state index contributed by atoms with van der Waals surface area (Å²) in [5.41, 5.74) is 1.44. The first-order chi connectivity index (χ1) is 5.65. The second-order valence-corrected chi connectivity index (χ2v) is 2.93. The summed E-state index contributed by atoms with van der Waals surface area (Å²) in [4.78, 5) is 11.1. The minimum absolute atomic E-state index is 0.0380. The lowest BCUT2D eigenvalue weighted by molar-refractivity contribution is 0.101. The van der Waals surface area contributed by atoms with E-state index >= 15 is 0 Å². The Bertz CT molecular complexity index is 309. The third kappa shape index (κ3) is 1.77. The molecule has 1 rings (SSSR count). The average molecular weight is 184 g/mol. The number of nitrogens with one attached hydrogen (secondary N) is 1. The Labute approximate surface area is 76.5 Å². The van der Waals surface area contributed by atoms with E-state index in [1.165, 1.54) is 6.92 Å². The van der Waals surface area contributed by atoms with Crippen LogP contribution in [0.5, 0.6) is 0 Å². The van der Waals surface area contributed by atoms with Crippen molar-refractivity contribution in [3.05, 3.63) is 28.8 Å². The molecule has 0 unspecified atom stereocenters. The predicted octanol–water partition coefficient (Wildman–Crippen LogP) is 2.58. The third-order valence-corrected chi connectivity index (χ3v) is 1.87. The maximum atomic E-state index is 11.1. The topological polar surface area (TPSA) is 29.1 Å². The molecule has 12 heavy (non-hydrogen) atoms. The van der Waals surface area contributed by atoms with Crippen LogP contribution in [0, 0.1) is 0 Å². The molecule has 1 aromatic carbocycles. The second kappa shape index (κ2) is 3.59. The van der Waals surface area contributed by atoms with E-state index in [9.17, 15) is 4.79 Å². The van der Waals surface area contributed by atoms with Crippen LogP contribution in [-0.2, 0) is 0 Å². The summed E-state index contributed by atoms with van der Waals surface area (Å²) in [5, 5.41) is 3.54. The van der Waals surface area contributed by atoms with Gasteiger partial charge in [0, 0.05) is 23.3 Å². The normalized spacial score (nSPS) is 9.58. The van der Waals surface area contributed by atoms with Gasteiger partial charge in [0.2, 0.25) is 0 Å². The van der Waals surface area contributed by atoms with E-state index in [0.29, 0.717) is 10.6 Å². The fraction of sp³-hybridized carbons (Fsp3) is 0.222. The van der Waals surface area contributed by atoms with E-state index in [1.807, 2.05) is 0 Å². The van der Waals surface area contributed by atoms with E-state index in [2.05, 4.69) is 5.32 Å². The number of Topliss-reactive ketones (excluding diaryl/α,β-unsaturated/α-hetero) is 1. The number of halogens is 1. The molecule has 0 heterocycles.